The molecular formula is C21H34N2O5. The molecule has 0 heterocycles. The van der Waals surface area contributed by atoms with Gasteiger partial charge in [-0.3, -0.25) is 9.59 Å². The van der Waals surface area contributed by atoms with Crippen LogP contribution in [-0.4, -0.2) is 53.0 Å². The summed E-state index contributed by atoms with van der Waals surface area (Å²) in [6.45, 7) is 5.84. The van der Waals surface area contributed by atoms with Crippen LogP contribution in [0, 0.1) is 5.92 Å². The van der Waals surface area contributed by atoms with Crippen molar-refractivity contribution in [1.29, 1.82) is 0 Å². The van der Waals surface area contributed by atoms with Crippen LogP contribution in [0.25, 0.3) is 0 Å². The van der Waals surface area contributed by atoms with Crippen molar-refractivity contribution in [2.24, 2.45) is 11.7 Å². The molecule has 28 heavy (non-hydrogen) atoms. The third-order valence-corrected chi connectivity index (χ3v) is 4.42. The molecular weight excluding hydrogens is 360 g/mol. The molecule has 0 spiro atoms. The van der Waals surface area contributed by atoms with Crippen molar-refractivity contribution in [1.82, 2.24) is 5.32 Å². The highest BCUT2D eigenvalue weighted by Gasteiger charge is 2.27. The zero-order valence-corrected chi connectivity index (χ0v) is 17.0. The third kappa shape index (κ3) is 9.30. The van der Waals surface area contributed by atoms with E-state index in [-0.39, 0.29) is 25.4 Å². The van der Waals surface area contributed by atoms with E-state index in [1.165, 1.54) is 0 Å². The Morgan fingerprint density at radius 3 is 2.32 bits per heavy atom. The molecule has 0 aliphatic carbocycles. The number of amides is 1. The highest BCUT2D eigenvalue weighted by molar-refractivity contribution is 5.77. The fourth-order valence-corrected chi connectivity index (χ4v) is 2.98. The van der Waals surface area contributed by atoms with Crippen molar-refractivity contribution < 1.29 is 24.5 Å². The highest BCUT2D eigenvalue weighted by atomic mass is 16.5. The Kier molecular flexibility index (Phi) is 10.7. The maximum atomic E-state index is 12.4. The molecule has 0 saturated heterocycles. The molecule has 0 aliphatic heterocycles. The average Bonchev–Trinajstić information content (AvgIpc) is 2.61. The number of ether oxygens (including phenoxy) is 1. The van der Waals surface area contributed by atoms with Crippen LogP contribution in [0.5, 0.6) is 0 Å². The smallest absolute Gasteiger partial charge is 0.308 e. The van der Waals surface area contributed by atoms with Crippen LogP contribution in [0.1, 0.15) is 45.6 Å². The van der Waals surface area contributed by atoms with E-state index in [1.807, 2.05) is 44.2 Å². The molecule has 0 radical (unpaired) electrons. The summed E-state index contributed by atoms with van der Waals surface area (Å²) in [5.41, 5.74) is 7.01. The van der Waals surface area contributed by atoms with E-state index in [4.69, 9.17) is 10.5 Å². The van der Waals surface area contributed by atoms with Gasteiger partial charge in [0.25, 0.3) is 0 Å². The molecule has 0 fully saturated rings. The zero-order chi connectivity index (χ0) is 21.1. The number of carbonyl (C=O) groups is 2. The van der Waals surface area contributed by atoms with E-state index >= 15 is 0 Å². The van der Waals surface area contributed by atoms with Gasteiger partial charge in [0.05, 0.1) is 37.7 Å². The van der Waals surface area contributed by atoms with Crippen LogP contribution < -0.4 is 11.1 Å². The standard InChI is InChI=1S/C21H34N2O5/c1-4-28-21(27)13-19(25)17(10-14(2)3)23-20(26)12-18(24)16(22)11-15-8-6-5-7-9-15/h5-9,14,16-19,24-25H,4,10-13,22H2,1-3H3,(H,23,26)/t16-,17-,18-,19-/m0/s1. The second kappa shape index (κ2) is 12.5. The number of nitrogens with one attached hydrogen (secondary N) is 1. The summed E-state index contributed by atoms with van der Waals surface area (Å²) in [6.07, 6.45) is -1.48. The Bertz CT molecular complexity index is 594. The zero-order valence-electron chi connectivity index (χ0n) is 17.0. The maximum absolute atomic E-state index is 12.4. The lowest BCUT2D eigenvalue weighted by molar-refractivity contribution is -0.146. The molecule has 0 aromatic heterocycles. The molecule has 4 atom stereocenters. The Balaban J connectivity index is 2.59. The molecule has 0 saturated carbocycles. The van der Waals surface area contributed by atoms with E-state index in [1.54, 1.807) is 6.92 Å². The molecule has 5 N–H and O–H groups in total. The van der Waals surface area contributed by atoms with E-state index in [0.29, 0.717) is 12.8 Å². The average molecular weight is 395 g/mol. The number of rotatable bonds is 12. The van der Waals surface area contributed by atoms with Gasteiger partial charge in [-0.2, -0.15) is 0 Å². The van der Waals surface area contributed by atoms with Gasteiger partial charge in [0.2, 0.25) is 5.91 Å². The van der Waals surface area contributed by atoms with E-state index in [2.05, 4.69) is 5.32 Å². The summed E-state index contributed by atoms with van der Waals surface area (Å²) in [5.74, 6) is -0.722. The first kappa shape index (κ1) is 24.1. The minimum absolute atomic E-state index is 0.172. The van der Waals surface area contributed by atoms with Crippen molar-refractivity contribution >= 4 is 11.9 Å². The second-order valence-corrected chi connectivity index (χ2v) is 7.51. The summed E-state index contributed by atoms with van der Waals surface area (Å²) in [4.78, 5) is 24.0. The fourth-order valence-electron chi connectivity index (χ4n) is 2.98. The number of benzene rings is 1. The number of hydrogen-bond donors (Lipinski definition) is 4. The van der Waals surface area contributed by atoms with E-state index in [9.17, 15) is 19.8 Å². The Hall–Kier alpha value is -1.96. The van der Waals surface area contributed by atoms with Crippen LogP contribution in [-0.2, 0) is 20.7 Å². The first-order chi connectivity index (χ1) is 13.2. The molecule has 1 rings (SSSR count). The van der Waals surface area contributed by atoms with Crippen molar-refractivity contribution in [3.63, 3.8) is 0 Å². The van der Waals surface area contributed by atoms with Gasteiger partial charge in [-0.1, -0.05) is 44.2 Å². The number of nitrogens with two attached hydrogens (primary N) is 1. The molecule has 0 aliphatic rings. The summed E-state index contributed by atoms with van der Waals surface area (Å²) in [6, 6.07) is 8.32. The van der Waals surface area contributed by atoms with Crippen LogP contribution in [0.3, 0.4) is 0 Å². The van der Waals surface area contributed by atoms with Gasteiger partial charge < -0.3 is 26.0 Å². The van der Waals surface area contributed by atoms with E-state index in [0.717, 1.165) is 5.56 Å². The molecule has 0 unspecified atom stereocenters. The fraction of sp³-hybridized carbons (Fsp3) is 0.619. The van der Waals surface area contributed by atoms with Crippen molar-refractivity contribution in [2.75, 3.05) is 6.61 Å². The predicted molar refractivity (Wildman–Crippen MR) is 107 cm³/mol. The molecule has 1 aromatic carbocycles. The van der Waals surface area contributed by atoms with Gasteiger partial charge in [0.1, 0.15) is 0 Å². The minimum atomic E-state index is -1.06. The quantitative estimate of drug-likeness (QED) is 0.395. The molecule has 1 aromatic rings. The lowest BCUT2D eigenvalue weighted by Gasteiger charge is -2.26. The number of carbonyl (C=O) groups excluding carboxylic acids is 2. The topological polar surface area (TPSA) is 122 Å². The Labute approximate surface area is 167 Å². The lowest BCUT2D eigenvalue weighted by atomic mass is 9.96. The molecule has 0 bridgehead atoms. The SMILES string of the molecule is CCOC(=O)C[C@H](O)[C@H](CC(C)C)NC(=O)C[C@H](O)[C@@H](N)Cc1ccccc1. The highest BCUT2D eigenvalue weighted by Crippen LogP contribution is 2.13. The Morgan fingerprint density at radius 1 is 1.11 bits per heavy atom. The second-order valence-electron chi connectivity index (χ2n) is 7.51. The molecule has 7 heteroatoms. The number of esters is 1. The monoisotopic (exact) mass is 394 g/mol. The predicted octanol–water partition coefficient (Wildman–Crippen LogP) is 1.15. The van der Waals surface area contributed by atoms with Gasteiger partial charge in [0.15, 0.2) is 0 Å². The van der Waals surface area contributed by atoms with Crippen molar-refractivity contribution in [3.05, 3.63) is 35.9 Å². The van der Waals surface area contributed by atoms with Gasteiger partial charge in [-0.25, -0.2) is 0 Å². The molecule has 158 valence electrons. The van der Waals surface area contributed by atoms with Crippen LogP contribution >= 0.6 is 0 Å². The van der Waals surface area contributed by atoms with E-state index < -0.39 is 36.2 Å². The van der Waals surface area contributed by atoms with Crippen LogP contribution in [0.15, 0.2) is 30.3 Å². The lowest BCUT2D eigenvalue weighted by Crippen LogP contribution is -2.47. The summed E-state index contributed by atoms with van der Waals surface area (Å²) < 4.78 is 4.86. The van der Waals surface area contributed by atoms with Crippen LogP contribution in [0.4, 0.5) is 0 Å². The van der Waals surface area contributed by atoms with Gasteiger partial charge in [0, 0.05) is 6.04 Å². The largest absolute Gasteiger partial charge is 0.466 e. The molecule has 1 amide bonds. The number of aliphatic hydroxyl groups excluding tert-OH is 2. The van der Waals surface area contributed by atoms with Crippen molar-refractivity contribution in [3.8, 4) is 0 Å². The van der Waals surface area contributed by atoms with Gasteiger partial charge >= 0.3 is 5.97 Å². The normalized spacial score (nSPS) is 15.5. The minimum Gasteiger partial charge on any atom is -0.466 e. The van der Waals surface area contributed by atoms with Crippen LogP contribution in [0.2, 0.25) is 0 Å². The maximum Gasteiger partial charge on any atom is 0.308 e. The summed E-state index contributed by atoms with van der Waals surface area (Å²) in [5, 5.41) is 23.3. The van der Waals surface area contributed by atoms with Gasteiger partial charge in [-0.05, 0) is 31.2 Å². The molecule has 7 nitrogen and oxygen atoms in total. The van der Waals surface area contributed by atoms with Crippen molar-refractivity contribution in [2.45, 2.75) is 70.7 Å². The first-order valence-electron chi connectivity index (χ1n) is 9.83. The summed E-state index contributed by atoms with van der Waals surface area (Å²) in [7, 11) is 0. The van der Waals surface area contributed by atoms with Gasteiger partial charge in [-0.15, -0.1) is 0 Å². The Morgan fingerprint density at radius 2 is 1.75 bits per heavy atom. The first-order valence-corrected chi connectivity index (χ1v) is 9.83. The third-order valence-electron chi connectivity index (χ3n) is 4.42. The number of aliphatic hydroxyl groups is 2. The summed E-state index contributed by atoms with van der Waals surface area (Å²) >= 11 is 0. The number of hydrogen-bond acceptors (Lipinski definition) is 6.